The molecule has 2 atom stereocenters. The van der Waals surface area contributed by atoms with Crippen LogP contribution in [0.15, 0.2) is 6.07 Å². The average Bonchev–Trinajstić information content (AvgIpc) is 2.73. The maximum atomic E-state index is 12.1. The van der Waals surface area contributed by atoms with Crippen molar-refractivity contribution in [3.63, 3.8) is 0 Å². The van der Waals surface area contributed by atoms with Crippen LogP contribution in [0.25, 0.3) is 0 Å². The lowest BCUT2D eigenvalue weighted by Crippen LogP contribution is -2.50. The van der Waals surface area contributed by atoms with Gasteiger partial charge < -0.3 is 15.8 Å². The monoisotopic (exact) mass is 254 g/mol. The van der Waals surface area contributed by atoms with Crippen molar-refractivity contribution in [2.75, 3.05) is 12.3 Å². The molecule has 0 aromatic carbocycles. The Kier molecular flexibility index (Phi) is 3.14. The van der Waals surface area contributed by atoms with Crippen molar-refractivity contribution in [3.05, 3.63) is 15.8 Å². The topological polar surface area (TPSA) is 64.3 Å². The van der Waals surface area contributed by atoms with E-state index in [2.05, 4.69) is 5.32 Å². The molecular formula is C12H18N2O2S. The van der Waals surface area contributed by atoms with Gasteiger partial charge in [0.15, 0.2) is 0 Å². The Morgan fingerprint density at radius 1 is 1.71 bits per heavy atom. The molecule has 0 radical (unpaired) electrons. The Hall–Kier alpha value is -1.07. The standard InChI is InChI=1S/C12H18N2O2S/c1-7-9(13)6-10(17-7)11(15)14-12(3)4-5-16-8(12)2/h6,8H,4-5,13H2,1-3H3,(H,14,15). The number of rotatable bonds is 2. The first-order chi connectivity index (χ1) is 7.92. The molecule has 0 bridgehead atoms. The highest BCUT2D eigenvalue weighted by molar-refractivity contribution is 7.14. The Bertz CT molecular complexity index is 424. The van der Waals surface area contributed by atoms with E-state index in [0.29, 0.717) is 17.2 Å². The lowest BCUT2D eigenvalue weighted by Gasteiger charge is -2.28. The summed E-state index contributed by atoms with van der Waals surface area (Å²) in [5, 5.41) is 3.05. The molecule has 17 heavy (non-hydrogen) atoms. The fourth-order valence-corrected chi connectivity index (χ4v) is 2.76. The molecule has 94 valence electrons. The zero-order valence-corrected chi connectivity index (χ0v) is 11.2. The lowest BCUT2D eigenvalue weighted by molar-refractivity contribution is 0.0730. The van der Waals surface area contributed by atoms with Crippen LogP contribution in [0.3, 0.4) is 0 Å². The second kappa shape index (κ2) is 4.31. The Morgan fingerprint density at radius 2 is 2.41 bits per heavy atom. The van der Waals surface area contributed by atoms with Gasteiger partial charge in [-0.05, 0) is 33.3 Å². The molecule has 4 nitrogen and oxygen atoms in total. The minimum atomic E-state index is -0.274. The first-order valence-electron chi connectivity index (χ1n) is 5.72. The summed E-state index contributed by atoms with van der Waals surface area (Å²) in [6.45, 7) is 6.62. The molecule has 2 heterocycles. The number of nitrogen functional groups attached to an aromatic ring is 1. The number of thiophene rings is 1. The number of carbonyl (C=O) groups is 1. The largest absolute Gasteiger partial charge is 0.398 e. The molecule has 1 aromatic heterocycles. The predicted octanol–water partition coefficient (Wildman–Crippen LogP) is 1.94. The van der Waals surface area contributed by atoms with Crippen molar-refractivity contribution < 1.29 is 9.53 Å². The normalized spacial score (nSPS) is 28.3. The number of ether oxygens (including phenoxy) is 1. The second-order valence-electron chi connectivity index (χ2n) is 4.76. The van der Waals surface area contributed by atoms with Crippen LogP contribution in [0.1, 0.15) is 34.8 Å². The first kappa shape index (κ1) is 12.4. The predicted molar refractivity (Wildman–Crippen MR) is 69.4 cm³/mol. The maximum absolute atomic E-state index is 12.1. The minimum Gasteiger partial charge on any atom is -0.398 e. The zero-order chi connectivity index (χ0) is 12.6. The van der Waals surface area contributed by atoms with Crippen LogP contribution in [-0.2, 0) is 4.74 Å². The molecule has 0 saturated carbocycles. The van der Waals surface area contributed by atoms with Gasteiger partial charge in [-0.15, -0.1) is 11.3 Å². The van der Waals surface area contributed by atoms with Crippen molar-refractivity contribution in [1.82, 2.24) is 5.32 Å². The summed E-state index contributed by atoms with van der Waals surface area (Å²) in [6, 6.07) is 1.74. The van der Waals surface area contributed by atoms with Gasteiger partial charge in [-0.1, -0.05) is 0 Å². The van der Waals surface area contributed by atoms with Gasteiger partial charge in [-0.25, -0.2) is 0 Å². The quantitative estimate of drug-likeness (QED) is 0.847. The van der Waals surface area contributed by atoms with Crippen LogP contribution in [0.5, 0.6) is 0 Å². The molecule has 1 aromatic rings. The van der Waals surface area contributed by atoms with Crippen molar-refractivity contribution in [2.24, 2.45) is 0 Å². The summed E-state index contributed by atoms with van der Waals surface area (Å²) in [5.74, 6) is -0.0605. The number of aryl methyl sites for hydroxylation is 1. The van der Waals surface area contributed by atoms with Gasteiger partial charge >= 0.3 is 0 Å². The summed E-state index contributed by atoms with van der Waals surface area (Å²) >= 11 is 1.43. The summed E-state index contributed by atoms with van der Waals surface area (Å²) < 4.78 is 5.50. The van der Waals surface area contributed by atoms with E-state index < -0.39 is 0 Å². The molecule has 0 spiro atoms. The Morgan fingerprint density at radius 3 is 2.88 bits per heavy atom. The van der Waals surface area contributed by atoms with Gasteiger partial charge in [0.1, 0.15) is 0 Å². The number of hydrogen-bond acceptors (Lipinski definition) is 4. The molecule has 0 aliphatic carbocycles. The number of carbonyl (C=O) groups excluding carboxylic acids is 1. The number of nitrogens with one attached hydrogen (secondary N) is 1. The summed E-state index contributed by atoms with van der Waals surface area (Å²) in [5.41, 5.74) is 6.16. The average molecular weight is 254 g/mol. The van der Waals surface area contributed by atoms with E-state index in [-0.39, 0.29) is 17.6 Å². The highest BCUT2D eigenvalue weighted by atomic mass is 32.1. The SMILES string of the molecule is Cc1sc(C(=O)NC2(C)CCOC2C)cc1N. The van der Waals surface area contributed by atoms with Gasteiger partial charge in [-0.3, -0.25) is 4.79 Å². The molecule has 1 amide bonds. The molecule has 1 fully saturated rings. The van der Waals surface area contributed by atoms with Gasteiger partial charge in [0.05, 0.1) is 16.5 Å². The van der Waals surface area contributed by atoms with E-state index in [1.165, 1.54) is 11.3 Å². The van der Waals surface area contributed by atoms with E-state index in [9.17, 15) is 4.79 Å². The number of amides is 1. The highest BCUT2D eigenvalue weighted by Crippen LogP contribution is 2.28. The van der Waals surface area contributed by atoms with Crippen molar-refractivity contribution in [2.45, 2.75) is 38.8 Å². The lowest BCUT2D eigenvalue weighted by atomic mass is 9.94. The number of anilines is 1. The molecular weight excluding hydrogens is 236 g/mol. The third-order valence-electron chi connectivity index (χ3n) is 3.47. The summed E-state index contributed by atoms with van der Waals surface area (Å²) in [6.07, 6.45) is 0.893. The van der Waals surface area contributed by atoms with Crippen LogP contribution in [0, 0.1) is 6.92 Å². The maximum Gasteiger partial charge on any atom is 0.261 e. The molecule has 2 rings (SSSR count). The Balaban J connectivity index is 2.11. The molecule has 3 N–H and O–H groups in total. The van der Waals surface area contributed by atoms with Crippen LogP contribution in [-0.4, -0.2) is 24.2 Å². The van der Waals surface area contributed by atoms with Gasteiger partial charge in [-0.2, -0.15) is 0 Å². The molecule has 2 unspecified atom stereocenters. The van der Waals surface area contributed by atoms with Crippen molar-refractivity contribution in [1.29, 1.82) is 0 Å². The van der Waals surface area contributed by atoms with Gasteiger partial charge in [0, 0.05) is 17.2 Å². The van der Waals surface area contributed by atoms with E-state index >= 15 is 0 Å². The van der Waals surface area contributed by atoms with Crippen LogP contribution in [0.2, 0.25) is 0 Å². The molecule has 1 aliphatic rings. The molecule has 5 heteroatoms. The smallest absolute Gasteiger partial charge is 0.261 e. The summed E-state index contributed by atoms with van der Waals surface area (Å²) in [7, 11) is 0. The number of nitrogens with two attached hydrogens (primary N) is 1. The van der Waals surface area contributed by atoms with Crippen LogP contribution >= 0.6 is 11.3 Å². The molecule has 1 saturated heterocycles. The minimum absolute atomic E-state index is 0.0462. The van der Waals surface area contributed by atoms with Crippen molar-refractivity contribution in [3.8, 4) is 0 Å². The van der Waals surface area contributed by atoms with Crippen molar-refractivity contribution >= 4 is 22.9 Å². The summed E-state index contributed by atoms with van der Waals surface area (Å²) in [4.78, 5) is 13.8. The van der Waals surface area contributed by atoms with E-state index in [0.717, 1.165) is 11.3 Å². The fraction of sp³-hybridized carbons (Fsp3) is 0.583. The van der Waals surface area contributed by atoms with E-state index in [1.54, 1.807) is 6.07 Å². The highest BCUT2D eigenvalue weighted by Gasteiger charge is 2.38. The van der Waals surface area contributed by atoms with Crippen LogP contribution in [0.4, 0.5) is 5.69 Å². The van der Waals surface area contributed by atoms with Gasteiger partial charge in [0.2, 0.25) is 0 Å². The van der Waals surface area contributed by atoms with Crippen LogP contribution < -0.4 is 11.1 Å². The van der Waals surface area contributed by atoms with E-state index in [4.69, 9.17) is 10.5 Å². The second-order valence-corrected chi connectivity index (χ2v) is 6.01. The third-order valence-corrected chi connectivity index (χ3v) is 4.53. The van der Waals surface area contributed by atoms with E-state index in [1.807, 2.05) is 20.8 Å². The Labute approximate surface area is 105 Å². The van der Waals surface area contributed by atoms with Gasteiger partial charge in [0.25, 0.3) is 5.91 Å². The first-order valence-corrected chi connectivity index (χ1v) is 6.54. The molecule has 1 aliphatic heterocycles. The third kappa shape index (κ3) is 2.30. The number of hydrogen-bond donors (Lipinski definition) is 2. The fourth-order valence-electron chi connectivity index (χ4n) is 1.93. The zero-order valence-electron chi connectivity index (χ0n) is 10.4.